The van der Waals surface area contributed by atoms with Gasteiger partial charge in [0.1, 0.15) is 18.0 Å². The maximum Gasteiger partial charge on any atom is 0.334 e. The lowest BCUT2D eigenvalue weighted by atomic mass is 10.0. The van der Waals surface area contributed by atoms with E-state index in [0.29, 0.717) is 25.9 Å². The maximum absolute atomic E-state index is 13.6. The number of hydrogen-bond acceptors (Lipinski definition) is 6. The van der Waals surface area contributed by atoms with Crippen molar-refractivity contribution in [2.24, 2.45) is 0 Å². The molecule has 2 aromatic carbocycles. The molecule has 2 fully saturated rings. The van der Waals surface area contributed by atoms with E-state index >= 15 is 0 Å². The normalized spacial score (nSPS) is 20.1. The van der Waals surface area contributed by atoms with E-state index in [-0.39, 0.29) is 30.9 Å². The molecule has 2 saturated heterocycles. The van der Waals surface area contributed by atoms with Gasteiger partial charge >= 0.3 is 6.03 Å². The Kier molecular flexibility index (Phi) is 8.94. The Bertz CT molecular complexity index is 1080. The molecule has 0 aromatic heterocycles. The van der Waals surface area contributed by atoms with Crippen molar-refractivity contribution in [3.63, 3.8) is 0 Å². The van der Waals surface area contributed by atoms with Crippen LogP contribution in [0.25, 0.3) is 0 Å². The Morgan fingerprint density at radius 2 is 1.81 bits per heavy atom. The van der Waals surface area contributed by atoms with Gasteiger partial charge in [-0.15, -0.1) is 0 Å². The van der Waals surface area contributed by atoms with Gasteiger partial charge in [-0.1, -0.05) is 42.5 Å². The molecule has 0 saturated carbocycles. The third kappa shape index (κ3) is 6.19. The number of carbonyl (C=O) groups excluding carboxylic acids is 3. The van der Waals surface area contributed by atoms with Crippen molar-refractivity contribution in [1.82, 2.24) is 25.1 Å². The van der Waals surface area contributed by atoms with Crippen LogP contribution in [0.4, 0.5) is 4.79 Å². The van der Waals surface area contributed by atoms with Crippen LogP contribution >= 0.6 is 11.8 Å². The van der Waals surface area contributed by atoms with E-state index < -0.39 is 12.2 Å². The number of nitrogens with one attached hydrogen (secondary N) is 1. The molecule has 0 aliphatic carbocycles. The fraction of sp³-hybridized carbons (Fsp3) is 0.444. The predicted octanol–water partition coefficient (Wildman–Crippen LogP) is 2.43. The summed E-state index contributed by atoms with van der Waals surface area (Å²) < 4.78 is 5.20. The van der Waals surface area contributed by atoms with Crippen molar-refractivity contribution >= 4 is 29.6 Å². The lowest BCUT2D eigenvalue weighted by molar-refractivity contribution is -0.187. The Hall–Kier alpha value is -3.24. The Morgan fingerprint density at radius 1 is 1.08 bits per heavy atom. The number of hydrazine groups is 1. The average molecular weight is 526 g/mol. The number of amides is 4. The summed E-state index contributed by atoms with van der Waals surface area (Å²) in [6, 6.07) is 16.6. The molecule has 10 heteroatoms. The molecule has 2 atom stereocenters. The first-order valence-corrected chi connectivity index (χ1v) is 13.9. The van der Waals surface area contributed by atoms with Crippen LogP contribution in [0.1, 0.15) is 17.5 Å². The van der Waals surface area contributed by atoms with E-state index in [2.05, 4.69) is 5.32 Å². The highest BCUT2D eigenvalue weighted by atomic mass is 32.2. The molecule has 0 bridgehead atoms. The van der Waals surface area contributed by atoms with E-state index in [1.165, 1.54) is 0 Å². The quantitative estimate of drug-likeness (QED) is 0.541. The molecule has 4 amide bonds. The van der Waals surface area contributed by atoms with Crippen LogP contribution in [-0.2, 0) is 22.6 Å². The second kappa shape index (κ2) is 12.3. The highest BCUT2D eigenvalue weighted by Gasteiger charge is 2.50. The fourth-order valence-corrected chi connectivity index (χ4v) is 5.38. The summed E-state index contributed by atoms with van der Waals surface area (Å²) in [6.07, 6.45) is 2.68. The molecule has 1 N–H and O–H groups in total. The zero-order chi connectivity index (χ0) is 26.4. The van der Waals surface area contributed by atoms with Gasteiger partial charge < -0.3 is 19.9 Å². The third-order valence-electron chi connectivity index (χ3n) is 6.86. The number of methoxy groups -OCH3 is 1. The Labute approximate surface area is 222 Å². The number of carbonyl (C=O) groups is 3. The van der Waals surface area contributed by atoms with Gasteiger partial charge in [0.15, 0.2) is 0 Å². The predicted molar refractivity (Wildman–Crippen MR) is 144 cm³/mol. The molecule has 2 aliphatic rings. The van der Waals surface area contributed by atoms with Gasteiger partial charge in [-0.2, -0.15) is 11.8 Å². The summed E-state index contributed by atoms with van der Waals surface area (Å²) in [5, 5.41) is 6.24. The minimum absolute atomic E-state index is 0.0412. The molecular weight excluding hydrogens is 490 g/mol. The van der Waals surface area contributed by atoms with Crippen LogP contribution in [0.5, 0.6) is 5.75 Å². The van der Waals surface area contributed by atoms with Crippen LogP contribution in [-0.4, -0.2) is 95.7 Å². The van der Waals surface area contributed by atoms with E-state index in [9.17, 15) is 14.4 Å². The number of urea groups is 1. The van der Waals surface area contributed by atoms with Crippen molar-refractivity contribution in [3.05, 3.63) is 65.7 Å². The number of piperazine rings is 1. The van der Waals surface area contributed by atoms with Gasteiger partial charge in [-0.25, -0.2) is 14.8 Å². The summed E-state index contributed by atoms with van der Waals surface area (Å²) in [7, 11) is 3.35. The number of likely N-dealkylation sites (N-methyl/N-ethyl adjacent to an activating group) is 1. The second-order valence-corrected chi connectivity index (χ2v) is 10.3. The summed E-state index contributed by atoms with van der Waals surface area (Å²) in [5.74, 6) is 1.32. The molecule has 37 heavy (non-hydrogen) atoms. The minimum Gasteiger partial charge on any atom is -0.497 e. The van der Waals surface area contributed by atoms with Crippen molar-refractivity contribution in [2.75, 3.05) is 45.8 Å². The molecule has 2 aliphatic heterocycles. The standard InChI is InChI=1S/C27H35N5O4S/c1-29-19-25(33)31-23(14-16-37-3)26(34)30(15-13-20-7-5-4-6-8-20)18-24(31)32(29)27(35)28-17-21-9-11-22(36-2)12-10-21/h4-12,23-24H,13-19H2,1-3H3,(H,28,35)/t23-,24-/m0/s1. The van der Waals surface area contributed by atoms with Gasteiger partial charge in [0.2, 0.25) is 11.8 Å². The smallest absolute Gasteiger partial charge is 0.334 e. The maximum atomic E-state index is 13.6. The molecule has 0 unspecified atom stereocenters. The molecule has 0 spiro atoms. The topological polar surface area (TPSA) is 85.4 Å². The minimum atomic E-state index is -0.583. The van der Waals surface area contributed by atoms with E-state index in [1.54, 1.807) is 40.8 Å². The monoisotopic (exact) mass is 525 g/mol. The molecule has 2 heterocycles. The van der Waals surface area contributed by atoms with E-state index in [4.69, 9.17) is 4.74 Å². The first kappa shape index (κ1) is 26.8. The molecule has 0 radical (unpaired) electrons. The number of rotatable bonds is 9. The van der Waals surface area contributed by atoms with Crippen LogP contribution < -0.4 is 10.1 Å². The highest BCUT2D eigenvalue weighted by Crippen LogP contribution is 2.28. The molecule has 2 aromatic rings. The van der Waals surface area contributed by atoms with Crippen LogP contribution in [0, 0.1) is 0 Å². The Morgan fingerprint density at radius 3 is 2.49 bits per heavy atom. The van der Waals surface area contributed by atoms with Gasteiger partial charge in [-0.3, -0.25) is 9.59 Å². The number of fused-ring (bicyclic) bond motifs is 1. The summed E-state index contributed by atoms with van der Waals surface area (Å²) in [6.45, 7) is 1.18. The number of thioether (sulfide) groups is 1. The summed E-state index contributed by atoms with van der Waals surface area (Å²) >= 11 is 1.64. The van der Waals surface area contributed by atoms with Gasteiger partial charge in [0, 0.05) is 20.1 Å². The number of benzene rings is 2. The average Bonchev–Trinajstić information content (AvgIpc) is 2.91. The van der Waals surface area contributed by atoms with Crippen molar-refractivity contribution in [3.8, 4) is 5.75 Å². The first-order chi connectivity index (χ1) is 17.9. The number of hydrogen-bond donors (Lipinski definition) is 1. The number of nitrogens with zero attached hydrogens (tertiary/aromatic N) is 4. The van der Waals surface area contributed by atoms with Gasteiger partial charge in [-0.05, 0) is 48.1 Å². The first-order valence-electron chi connectivity index (χ1n) is 12.5. The highest BCUT2D eigenvalue weighted by molar-refractivity contribution is 7.98. The van der Waals surface area contributed by atoms with Crippen molar-refractivity contribution < 1.29 is 19.1 Å². The van der Waals surface area contributed by atoms with Crippen LogP contribution in [0.15, 0.2) is 54.6 Å². The molecule has 4 rings (SSSR count). The summed E-state index contributed by atoms with van der Waals surface area (Å²) in [4.78, 5) is 43.7. The van der Waals surface area contributed by atoms with Gasteiger partial charge in [0.25, 0.3) is 0 Å². The Balaban J connectivity index is 1.53. The fourth-order valence-electron chi connectivity index (χ4n) is 4.92. The van der Waals surface area contributed by atoms with E-state index in [0.717, 1.165) is 22.6 Å². The third-order valence-corrected chi connectivity index (χ3v) is 7.50. The van der Waals surface area contributed by atoms with Crippen molar-refractivity contribution in [1.29, 1.82) is 0 Å². The molecule has 198 valence electrons. The van der Waals surface area contributed by atoms with Crippen LogP contribution in [0.2, 0.25) is 0 Å². The summed E-state index contributed by atoms with van der Waals surface area (Å²) in [5.41, 5.74) is 2.08. The number of ether oxygens (including phenoxy) is 1. The second-order valence-electron chi connectivity index (χ2n) is 9.27. The van der Waals surface area contributed by atoms with Crippen LogP contribution in [0.3, 0.4) is 0 Å². The van der Waals surface area contributed by atoms with Crippen molar-refractivity contribution in [2.45, 2.75) is 31.6 Å². The zero-order valence-electron chi connectivity index (χ0n) is 21.6. The van der Waals surface area contributed by atoms with Gasteiger partial charge in [0.05, 0.1) is 20.2 Å². The lowest BCUT2D eigenvalue weighted by Gasteiger charge is -2.54. The van der Waals surface area contributed by atoms with E-state index in [1.807, 2.05) is 65.8 Å². The molecule has 9 nitrogen and oxygen atoms in total. The molecular formula is C27H35N5O4S. The largest absolute Gasteiger partial charge is 0.497 e. The SMILES string of the molecule is COc1ccc(CNC(=O)N2[C@H]3CN(CCc4ccccc4)C(=O)[C@H](CCSC)N3C(=O)CN2C)cc1. The lowest BCUT2D eigenvalue weighted by Crippen LogP contribution is -2.76. The zero-order valence-corrected chi connectivity index (χ0v) is 22.4.